The molecule has 0 unspecified atom stereocenters. The van der Waals surface area contributed by atoms with Gasteiger partial charge in [-0.25, -0.2) is 0 Å². The molecule has 0 saturated heterocycles. The molecule has 1 aromatic carbocycles. The summed E-state index contributed by atoms with van der Waals surface area (Å²) in [5.41, 5.74) is 3.64. The van der Waals surface area contributed by atoms with E-state index in [2.05, 4.69) is 54.7 Å². The summed E-state index contributed by atoms with van der Waals surface area (Å²) >= 11 is 0. The van der Waals surface area contributed by atoms with Crippen LogP contribution in [0.3, 0.4) is 0 Å². The Labute approximate surface area is 96.1 Å². The molecule has 0 amide bonds. The van der Waals surface area contributed by atoms with E-state index in [0.29, 0.717) is 0 Å². The second-order valence-corrected chi connectivity index (χ2v) is 3.93. The number of aryl methyl sites for hydroxylation is 2. The summed E-state index contributed by atoms with van der Waals surface area (Å²) in [6.07, 6.45) is 3.98. The Morgan fingerprint density at radius 2 is 2.25 bits per heavy atom. The summed E-state index contributed by atoms with van der Waals surface area (Å²) in [6, 6.07) is 8.38. The normalized spacial score (nSPS) is 10.4. The highest BCUT2D eigenvalue weighted by atomic mass is 15.3. The molecule has 16 heavy (non-hydrogen) atoms. The van der Waals surface area contributed by atoms with Crippen LogP contribution in [0.25, 0.3) is 0 Å². The Hall–Kier alpha value is -1.77. The average molecular weight is 215 g/mol. The van der Waals surface area contributed by atoms with Crippen LogP contribution in [0.2, 0.25) is 0 Å². The van der Waals surface area contributed by atoms with Gasteiger partial charge in [0.25, 0.3) is 0 Å². The zero-order valence-corrected chi connectivity index (χ0v) is 9.77. The number of nitrogens with zero attached hydrogens (tertiary/aromatic N) is 2. The molecule has 0 aliphatic heterocycles. The standard InChI is InChI=1S/C13H17N3/c1-3-16-10-12(9-15-16)8-14-13-6-4-5-11(2)7-13/h4-7,9-10,14H,3,8H2,1-2H3. The maximum absolute atomic E-state index is 4.24. The van der Waals surface area contributed by atoms with E-state index in [9.17, 15) is 0 Å². The van der Waals surface area contributed by atoms with E-state index >= 15 is 0 Å². The highest BCUT2D eigenvalue weighted by molar-refractivity contribution is 5.45. The van der Waals surface area contributed by atoms with Crippen LogP contribution >= 0.6 is 0 Å². The third kappa shape index (κ3) is 2.63. The summed E-state index contributed by atoms with van der Waals surface area (Å²) < 4.78 is 1.94. The summed E-state index contributed by atoms with van der Waals surface area (Å²) in [4.78, 5) is 0. The number of nitrogens with one attached hydrogen (secondary N) is 1. The predicted molar refractivity (Wildman–Crippen MR) is 66.4 cm³/mol. The average Bonchev–Trinajstić information content (AvgIpc) is 2.74. The Kier molecular flexibility index (Phi) is 3.25. The quantitative estimate of drug-likeness (QED) is 0.850. The van der Waals surface area contributed by atoms with Crippen LogP contribution in [0, 0.1) is 6.92 Å². The number of hydrogen-bond donors (Lipinski definition) is 1. The van der Waals surface area contributed by atoms with Gasteiger partial charge in [-0.15, -0.1) is 0 Å². The number of hydrogen-bond acceptors (Lipinski definition) is 2. The topological polar surface area (TPSA) is 29.9 Å². The molecule has 0 aliphatic rings. The molecule has 0 bridgehead atoms. The smallest absolute Gasteiger partial charge is 0.0539 e. The van der Waals surface area contributed by atoms with Crippen molar-refractivity contribution in [3.8, 4) is 0 Å². The van der Waals surface area contributed by atoms with Crippen LogP contribution in [0.5, 0.6) is 0 Å². The lowest BCUT2D eigenvalue weighted by atomic mass is 10.2. The van der Waals surface area contributed by atoms with Gasteiger partial charge in [-0.05, 0) is 31.5 Å². The van der Waals surface area contributed by atoms with E-state index in [4.69, 9.17) is 0 Å². The lowest BCUT2D eigenvalue weighted by Gasteiger charge is -2.05. The molecule has 2 rings (SSSR count). The van der Waals surface area contributed by atoms with E-state index in [1.807, 2.05) is 10.9 Å². The van der Waals surface area contributed by atoms with Crippen molar-refractivity contribution in [1.82, 2.24) is 9.78 Å². The van der Waals surface area contributed by atoms with Gasteiger partial charge in [0.05, 0.1) is 6.20 Å². The van der Waals surface area contributed by atoms with Crippen LogP contribution in [0.4, 0.5) is 5.69 Å². The SMILES string of the molecule is CCn1cc(CNc2cccc(C)c2)cn1. The molecule has 0 aliphatic carbocycles. The van der Waals surface area contributed by atoms with Crippen molar-refractivity contribution in [2.45, 2.75) is 26.9 Å². The minimum atomic E-state index is 0.823. The van der Waals surface area contributed by atoms with Gasteiger partial charge >= 0.3 is 0 Å². The van der Waals surface area contributed by atoms with Gasteiger partial charge in [0, 0.05) is 30.5 Å². The van der Waals surface area contributed by atoms with E-state index < -0.39 is 0 Å². The predicted octanol–water partition coefficient (Wildman–Crippen LogP) is 2.82. The minimum Gasteiger partial charge on any atom is -0.381 e. The van der Waals surface area contributed by atoms with Gasteiger partial charge < -0.3 is 5.32 Å². The van der Waals surface area contributed by atoms with Crippen LogP contribution in [0.15, 0.2) is 36.7 Å². The highest BCUT2D eigenvalue weighted by Gasteiger charge is 1.97. The number of aromatic nitrogens is 2. The second-order valence-electron chi connectivity index (χ2n) is 3.93. The van der Waals surface area contributed by atoms with Crippen molar-refractivity contribution in [3.63, 3.8) is 0 Å². The summed E-state index contributed by atoms with van der Waals surface area (Å²) in [6.45, 7) is 5.93. The van der Waals surface area contributed by atoms with Crippen molar-refractivity contribution in [3.05, 3.63) is 47.8 Å². The number of benzene rings is 1. The molecular formula is C13H17N3. The van der Waals surface area contributed by atoms with Crippen LogP contribution in [-0.4, -0.2) is 9.78 Å². The molecule has 2 aromatic rings. The van der Waals surface area contributed by atoms with Crippen LogP contribution in [0.1, 0.15) is 18.1 Å². The van der Waals surface area contributed by atoms with Gasteiger partial charge in [-0.3, -0.25) is 4.68 Å². The Bertz CT molecular complexity index is 460. The zero-order valence-electron chi connectivity index (χ0n) is 9.77. The molecule has 0 saturated carbocycles. The maximum atomic E-state index is 4.24. The Balaban J connectivity index is 1.96. The highest BCUT2D eigenvalue weighted by Crippen LogP contribution is 2.11. The lowest BCUT2D eigenvalue weighted by molar-refractivity contribution is 0.659. The third-order valence-electron chi connectivity index (χ3n) is 2.53. The van der Waals surface area contributed by atoms with Crippen molar-refractivity contribution < 1.29 is 0 Å². The summed E-state index contributed by atoms with van der Waals surface area (Å²) in [7, 11) is 0. The van der Waals surface area contributed by atoms with Gasteiger partial charge in [0.1, 0.15) is 0 Å². The molecule has 84 valence electrons. The largest absolute Gasteiger partial charge is 0.381 e. The zero-order chi connectivity index (χ0) is 11.4. The molecule has 3 heteroatoms. The molecule has 0 radical (unpaired) electrons. The van der Waals surface area contributed by atoms with E-state index in [-0.39, 0.29) is 0 Å². The Morgan fingerprint density at radius 3 is 2.94 bits per heavy atom. The molecule has 0 spiro atoms. The Morgan fingerprint density at radius 1 is 1.38 bits per heavy atom. The first-order valence-corrected chi connectivity index (χ1v) is 5.60. The van der Waals surface area contributed by atoms with Crippen molar-refractivity contribution in [2.75, 3.05) is 5.32 Å². The lowest BCUT2D eigenvalue weighted by Crippen LogP contribution is -1.98. The maximum Gasteiger partial charge on any atom is 0.0539 e. The number of rotatable bonds is 4. The third-order valence-corrected chi connectivity index (χ3v) is 2.53. The molecule has 3 nitrogen and oxygen atoms in total. The van der Waals surface area contributed by atoms with Crippen molar-refractivity contribution in [2.24, 2.45) is 0 Å². The first kappa shape index (κ1) is 10.7. The molecule has 0 atom stereocenters. The molecule has 0 fully saturated rings. The molecule has 1 aromatic heterocycles. The van der Waals surface area contributed by atoms with E-state index in [1.165, 1.54) is 11.1 Å². The second kappa shape index (κ2) is 4.84. The van der Waals surface area contributed by atoms with Crippen molar-refractivity contribution in [1.29, 1.82) is 0 Å². The number of anilines is 1. The van der Waals surface area contributed by atoms with Crippen LogP contribution in [-0.2, 0) is 13.1 Å². The van der Waals surface area contributed by atoms with Gasteiger partial charge in [-0.1, -0.05) is 12.1 Å². The van der Waals surface area contributed by atoms with Crippen LogP contribution < -0.4 is 5.32 Å². The van der Waals surface area contributed by atoms with E-state index in [1.54, 1.807) is 0 Å². The van der Waals surface area contributed by atoms with Gasteiger partial charge in [-0.2, -0.15) is 5.10 Å². The van der Waals surface area contributed by atoms with Gasteiger partial charge in [0.15, 0.2) is 0 Å². The fourth-order valence-electron chi connectivity index (χ4n) is 1.63. The first-order valence-electron chi connectivity index (χ1n) is 5.60. The summed E-state index contributed by atoms with van der Waals surface area (Å²) in [5, 5.41) is 7.63. The monoisotopic (exact) mass is 215 g/mol. The van der Waals surface area contributed by atoms with E-state index in [0.717, 1.165) is 18.8 Å². The fourth-order valence-corrected chi connectivity index (χ4v) is 1.63. The molecule has 1 heterocycles. The first-order chi connectivity index (χ1) is 7.78. The minimum absolute atomic E-state index is 0.823. The van der Waals surface area contributed by atoms with Crippen molar-refractivity contribution >= 4 is 5.69 Å². The fraction of sp³-hybridized carbons (Fsp3) is 0.308. The summed E-state index contributed by atoms with van der Waals surface area (Å²) in [5.74, 6) is 0. The molecule has 1 N–H and O–H groups in total. The van der Waals surface area contributed by atoms with Gasteiger partial charge in [0.2, 0.25) is 0 Å². The molecular weight excluding hydrogens is 198 g/mol.